The van der Waals surface area contributed by atoms with Crippen molar-refractivity contribution in [1.29, 1.82) is 0 Å². The number of hydrogen-bond acceptors (Lipinski definition) is 2. The normalized spacial score (nSPS) is 18.2. The fraction of sp³-hybridized carbons (Fsp3) is 0.462. The summed E-state index contributed by atoms with van der Waals surface area (Å²) in [7, 11) is 0. The third-order valence-electron chi connectivity index (χ3n) is 3.03. The zero-order chi connectivity index (χ0) is 12.1. The first-order valence-corrected chi connectivity index (χ1v) is 6.36. The highest BCUT2D eigenvalue weighted by molar-refractivity contribution is 6.30. The van der Waals surface area contributed by atoms with E-state index in [1.807, 2.05) is 24.3 Å². The van der Waals surface area contributed by atoms with Crippen LogP contribution in [0, 0.1) is 5.92 Å². The summed E-state index contributed by atoms with van der Waals surface area (Å²) in [6.45, 7) is 2.44. The average molecular weight is 289 g/mol. The molecule has 1 aromatic carbocycles. The molecule has 0 aliphatic carbocycles. The lowest BCUT2D eigenvalue weighted by molar-refractivity contribution is -0.124. The molecular formula is C13H18Cl2N2O. The lowest BCUT2D eigenvalue weighted by atomic mass is 10.1. The van der Waals surface area contributed by atoms with Crippen LogP contribution in [0.2, 0.25) is 5.02 Å². The standard InChI is InChI=1S/C13H17ClN2O.ClH/c14-12-3-1-2-10(8-12)4-7-16-13(17)11-5-6-15-9-11;/h1-3,8,11,15H,4-7,9H2,(H,16,17);1H. The Bertz CT molecular complexity index is 392. The molecule has 2 rings (SSSR count). The largest absolute Gasteiger partial charge is 0.355 e. The van der Waals surface area contributed by atoms with Gasteiger partial charge in [0.2, 0.25) is 5.91 Å². The highest BCUT2D eigenvalue weighted by Gasteiger charge is 2.21. The summed E-state index contributed by atoms with van der Waals surface area (Å²) in [5.41, 5.74) is 1.15. The Balaban J connectivity index is 0.00000162. The molecule has 0 spiro atoms. The molecule has 1 aliphatic rings. The summed E-state index contributed by atoms with van der Waals surface area (Å²) in [6, 6.07) is 7.74. The Hall–Kier alpha value is -0.770. The molecule has 1 saturated heterocycles. The van der Waals surface area contributed by atoms with Gasteiger partial charge >= 0.3 is 0 Å². The van der Waals surface area contributed by atoms with Crippen molar-refractivity contribution in [2.24, 2.45) is 5.92 Å². The molecule has 3 nitrogen and oxygen atoms in total. The number of amides is 1. The Morgan fingerprint density at radius 2 is 2.33 bits per heavy atom. The van der Waals surface area contributed by atoms with Crippen molar-refractivity contribution in [1.82, 2.24) is 10.6 Å². The SMILES string of the molecule is Cl.O=C(NCCc1cccc(Cl)c1)C1CCNC1. The van der Waals surface area contributed by atoms with Gasteiger partial charge in [0, 0.05) is 18.1 Å². The van der Waals surface area contributed by atoms with Crippen LogP contribution >= 0.6 is 24.0 Å². The van der Waals surface area contributed by atoms with E-state index in [-0.39, 0.29) is 24.2 Å². The summed E-state index contributed by atoms with van der Waals surface area (Å²) >= 11 is 5.89. The van der Waals surface area contributed by atoms with E-state index in [1.165, 1.54) is 0 Å². The number of halogens is 2. The van der Waals surface area contributed by atoms with E-state index in [4.69, 9.17) is 11.6 Å². The number of hydrogen-bond donors (Lipinski definition) is 2. The molecule has 100 valence electrons. The Morgan fingerprint density at radius 3 is 3.00 bits per heavy atom. The average Bonchev–Trinajstić information content (AvgIpc) is 2.82. The maximum Gasteiger partial charge on any atom is 0.224 e. The second-order valence-electron chi connectivity index (χ2n) is 4.36. The fourth-order valence-corrected chi connectivity index (χ4v) is 2.26. The van der Waals surface area contributed by atoms with Gasteiger partial charge in [0.15, 0.2) is 0 Å². The van der Waals surface area contributed by atoms with Crippen molar-refractivity contribution >= 4 is 29.9 Å². The van der Waals surface area contributed by atoms with Gasteiger partial charge in [-0.15, -0.1) is 12.4 Å². The summed E-state index contributed by atoms with van der Waals surface area (Å²) in [6.07, 6.45) is 1.77. The van der Waals surface area contributed by atoms with Crippen molar-refractivity contribution in [2.75, 3.05) is 19.6 Å². The molecule has 1 heterocycles. The maximum absolute atomic E-state index is 11.7. The fourth-order valence-electron chi connectivity index (χ4n) is 2.05. The maximum atomic E-state index is 11.7. The summed E-state index contributed by atoms with van der Waals surface area (Å²) in [4.78, 5) is 11.7. The third-order valence-corrected chi connectivity index (χ3v) is 3.27. The smallest absolute Gasteiger partial charge is 0.224 e. The predicted octanol–water partition coefficient (Wildman–Crippen LogP) is 2.03. The van der Waals surface area contributed by atoms with Gasteiger partial charge < -0.3 is 10.6 Å². The number of nitrogens with one attached hydrogen (secondary N) is 2. The molecule has 0 saturated carbocycles. The van der Waals surface area contributed by atoms with Gasteiger partial charge in [0.1, 0.15) is 0 Å². The van der Waals surface area contributed by atoms with Gasteiger partial charge in [-0.05, 0) is 37.1 Å². The lowest BCUT2D eigenvalue weighted by Crippen LogP contribution is -2.33. The molecule has 1 amide bonds. The van der Waals surface area contributed by atoms with Crippen LogP contribution in [0.15, 0.2) is 24.3 Å². The van der Waals surface area contributed by atoms with Gasteiger partial charge in [0.25, 0.3) is 0 Å². The highest BCUT2D eigenvalue weighted by atomic mass is 35.5. The molecule has 2 N–H and O–H groups in total. The molecule has 1 fully saturated rings. The van der Waals surface area contributed by atoms with E-state index in [9.17, 15) is 4.79 Å². The molecule has 1 unspecified atom stereocenters. The van der Waals surface area contributed by atoms with Crippen LogP contribution in [0.3, 0.4) is 0 Å². The predicted molar refractivity (Wildman–Crippen MR) is 76.4 cm³/mol. The summed E-state index contributed by atoms with van der Waals surface area (Å²) in [5.74, 6) is 0.311. The van der Waals surface area contributed by atoms with Gasteiger partial charge in [-0.25, -0.2) is 0 Å². The summed E-state index contributed by atoms with van der Waals surface area (Å²) in [5, 5.41) is 6.91. The van der Waals surface area contributed by atoms with Crippen molar-refractivity contribution < 1.29 is 4.79 Å². The van der Waals surface area contributed by atoms with Gasteiger partial charge in [-0.3, -0.25) is 4.79 Å². The van der Waals surface area contributed by atoms with E-state index < -0.39 is 0 Å². The van der Waals surface area contributed by atoms with Crippen LogP contribution in [0.1, 0.15) is 12.0 Å². The van der Waals surface area contributed by atoms with Gasteiger partial charge in [-0.2, -0.15) is 0 Å². The molecule has 18 heavy (non-hydrogen) atoms. The first-order chi connectivity index (χ1) is 8.25. The molecule has 5 heteroatoms. The van der Waals surface area contributed by atoms with E-state index in [0.29, 0.717) is 6.54 Å². The van der Waals surface area contributed by atoms with E-state index in [1.54, 1.807) is 0 Å². The number of carbonyl (C=O) groups is 1. The van der Waals surface area contributed by atoms with Crippen molar-refractivity contribution in [3.8, 4) is 0 Å². The second kappa shape index (κ2) is 7.62. The first kappa shape index (κ1) is 15.3. The molecule has 1 aromatic rings. The van der Waals surface area contributed by atoms with Crippen LogP contribution in [0.25, 0.3) is 0 Å². The molecule has 0 aromatic heterocycles. The minimum Gasteiger partial charge on any atom is -0.355 e. The molecule has 1 aliphatic heterocycles. The topological polar surface area (TPSA) is 41.1 Å². The van der Waals surface area contributed by atoms with Crippen LogP contribution in [-0.4, -0.2) is 25.5 Å². The van der Waals surface area contributed by atoms with Crippen LogP contribution < -0.4 is 10.6 Å². The quantitative estimate of drug-likeness (QED) is 0.890. The van der Waals surface area contributed by atoms with E-state index in [0.717, 1.165) is 36.5 Å². The third kappa shape index (κ3) is 4.48. The minimum absolute atomic E-state index is 0. The number of carbonyl (C=O) groups excluding carboxylic acids is 1. The zero-order valence-electron chi connectivity index (χ0n) is 10.1. The second-order valence-corrected chi connectivity index (χ2v) is 4.80. The molecule has 1 atom stereocenters. The molecular weight excluding hydrogens is 271 g/mol. The van der Waals surface area contributed by atoms with Gasteiger partial charge in [0.05, 0.1) is 5.92 Å². The summed E-state index contributed by atoms with van der Waals surface area (Å²) < 4.78 is 0. The minimum atomic E-state index is 0. The lowest BCUT2D eigenvalue weighted by Gasteiger charge is -2.09. The van der Waals surface area contributed by atoms with E-state index >= 15 is 0 Å². The van der Waals surface area contributed by atoms with Crippen LogP contribution in [0.4, 0.5) is 0 Å². The van der Waals surface area contributed by atoms with Crippen molar-refractivity contribution in [3.63, 3.8) is 0 Å². The van der Waals surface area contributed by atoms with Crippen molar-refractivity contribution in [2.45, 2.75) is 12.8 Å². The number of benzene rings is 1. The van der Waals surface area contributed by atoms with Gasteiger partial charge in [-0.1, -0.05) is 23.7 Å². The Kier molecular flexibility index (Phi) is 6.47. The monoisotopic (exact) mass is 288 g/mol. The molecule has 0 bridgehead atoms. The zero-order valence-corrected chi connectivity index (χ0v) is 11.7. The van der Waals surface area contributed by atoms with Crippen LogP contribution in [0.5, 0.6) is 0 Å². The number of rotatable bonds is 4. The first-order valence-electron chi connectivity index (χ1n) is 5.98. The highest BCUT2D eigenvalue weighted by Crippen LogP contribution is 2.11. The Morgan fingerprint density at radius 1 is 1.50 bits per heavy atom. The van der Waals surface area contributed by atoms with Crippen LogP contribution in [-0.2, 0) is 11.2 Å². The van der Waals surface area contributed by atoms with E-state index in [2.05, 4.69) is 10.6 Å². The Labute approximate surface area is 119 Å². The van der Waals surface area contributed by atoms with Crippen molar-refractivity contribution in [3.05, 3.63) is 34.9 Å². The molecule has 0 radical (unpaired) electrons.